The average molecular weight is 298 g/mol. The molecule has 2 aromatic carbocycles. The molecule has 0 saturated heterocycles. The number of ketones is 1. The summed E-state index contributed by atoms with van der Waals surface area (Å²) in [6.07, 6.45) is 1.44. The van der Waals surface area contributed by atoms with Crippen LogP contribution >= 0.6 is 0 Å². The summed E-state index contributed by atoms with van der Waals surface area (Å²) in [4.78, 5) is 13.0. The molecular formula is C19H22O3. The number of rotatable bonds is 6. The minimum atomic E-state index is -0.181. The molecule has 2 rings (SSSR count). The maximum absolute atomic E-state index is 13.0. The SMILES string of the molecule is CCC(C(=O)C(CC)c1ccc(O)cc1)c1ccc(O)cc1. The second-order valence-corrected chi connectivity index (χ2v) is 5.51. The van der Waals surface area contributed by atoms with Gasteiger partial charge in [0, 0.05) is 11.8 Å². The number of aromatic hydroxyl groups is 2. The zero-order valence-electron chi connectivity index (χ0n) is 13.0. The molecule has 2 atom stereocenters. The molecular weight excluding hydrogens is 276 g/mol. The number of hydrogen-bond donors (Lipinski definition) is 2. The van der Waals surface area contributed by atoms with Crippen LogP contribution in [0.5, 0.6) is 11.5 Å². The molecule has 0 saturated carbocycles. The largest absolute Gasteiger partial charge is 0.508 e. The quantitative estimate of drug-likeness (QED) is 0.833. The maximum atomic E-state index is 13.0. The summed E-state index contributed by atoms with van der Waals surface area (Å²) in [5.74, 6) is 0.230. The zero-order valence-corrected chi connectivity index (χ0v) is 13.0. The van der Waals surface area contributed by atoms with Gasteiger partial charge in [-0.1, -0.05) is 38.1 Å². The summed E-state index contributed by atoms with van der Waals surface area (Å²) in [5.41, 5.74) is 1.87. The molecule has 0 aromatic heterocycles. The highest BCUT2D eigenvalue weighted by atomic mass is 16.3. The first kappa shape index (κ1) is 16.1. The van der Waals surface area contributed by atoms with Gasteiger partial charge in [-0.25, -0.2) is 0 Å². The van der Waals surface area contributed by atoms with Crippen LogP contribution in [0.25, 0.3) is 0 Å². The van der Waals surface area contributed by atoms with Gasteiger partial charge in [-0.3, -0.25) is 4.79 Å². The van der Waals surface area contributed by atoms with Gasteiger partial charge in [-0.05, 0) is 48.2 Å². The Balaban J connectivity index is 2.29. The van der Waals surface area contributed by atoms with Crippen LogP contribution in [-0.2, 0) is 4.79 Å². The van der Waals surface area contributed by atoms with Gasteiger partial charge in [0.25, 0.3) is 0 Å². The predicted molar refractivity (Wildman–Crippen MR) is 87.3 cm³/mol. The van der Waals surface area contributed by atoms with Crippen molar-refractivity contribution in [3.8, 4) is 11.5 Å². The Kier molecular flexibility index (Phi) is 5.21. The summed E-state index contributed by atoms with van der Waals surface area (Å²) in [7, 11) is 0. The molecule has 2 unspecified atom stereocenters. The van der Waals surface area contributed by atoms with Gasteiger partial charge in [0.1, 0.15) is 17.3 Å². The number of benzene rings is 2. The summed E-state index contributed by atoms with van der Waals surface area (Å²) in [5, 5.41) is 18.8. The van der Waals surface area contributed by atoms with Crippen LogP contribution in [0.15, 0.2) is 48.5 Å². The fourth-order valence-corrected chi connectivity index (χ4v) is 2.86. The number of Topliss-reactive ketones (excluding diaryl/α,β-unsaturated/α-hetero) is 1. The van der Waals surface area contributed by atoms with E-state index >= 15 is 0 Å². The lowest BCUT2D eigenvalue weighted by molar-refractivity contribution is -0.122. The van der Waals surface area contributed by atoms with Gasteiger partial charge in [0.05, 0.1) is 0 Å². The topological polar surface area (TPSA) is 57.5 Å². The Morgan fingerprint density at radius 3 is 1.36 bits per heavy atom. The van der Waals surface area contributed by atoms with E-state index < -0.39 is 0 Å². The van der Waals surface area contributed by atoms with Crippen LogP contribution in [0.4, 0.5) is 0 Å². The third kappa shape index (κ3) is 3.48. The lowest BCUT2D eigenvalue weighted by Gasteiger charge is -2.21. The number of hydrogen-bond acceptors (Lipinski definition) is 3. The first-order valence-electron chi connectivity index (χ1n) is 7.68. The molecule has 0 aliphatic rings. The van der Waals surface area contributed by atoms with Crippen molar-refractivity contribution < 1.29 is 15.0 Å². The molecule has 0 aliphatic heterocycles. The van der Waals surface area contributed by atoms with Gasteiger partial charge in [-0.2, -0.15) is 0 Å². The molecule has 0 radical (unpaired) electrons. The van der Waals surface area contributed by atoms with Crippen molar-refractivity contribution in [1.82, 2.24) is 0 Å². The van der Waals surface area contributed by atoms with E-state index in [1.54, 1.807) is 24.3 Å². The summed E-state index contributed by atoms with van der Waals surface area (Å²) < 4.78 is 0. The van der Waals surface area contributed by atoms with Crippen LogP contribution in [-0.4, -0.2) is 16.0 Å². The van der Waals surface area contributed by atoms with Crippen molar-refractivity contribution in [3.05, 3.63) is 59.7 Å². The Hall–Kier alpha value is -2.29. The highest BCUT2D eigenvalue weighted by molar-refractivity contribution is 5.91. The minimum Gasteiger partial charge on any atom is -0.508 e. The van der Waals surface area contributed by atoms with E-state index in [4.69, 9.17) is 0 Å². The van der Waals surface area contributed by atoms with Crippen molar-refractivity contribution in [1.29, 1.82) is 0 Å². The molecule has 2 N–H and O–H groups in total. The first-order chi connectivity index (χ1) is 10.6. The van der Waals surface area contributed by atoms with Crippen LogP contribution in [0.3, 0.4) is 0 Å². The van der Waals surface area contributed by atoms with Crippen molar-refractivity contribution in [3.63, 3.8) is 0 Å². The highest BCUT2D eigenvalue weighted by Gasteiger charge is 2.27. The van der Waals surface area contributed by atoms with Crippen molar-refractivity contribution >= 4 is 5.78 Å². The molecule has 3 nitrogen and oxygen atoms in total. The number of carbonyl (C=O) groups excluding carboxylic acids is 1. The maximum Gasteiger partial charge on any atom is 0.147 e. The smallest absolute Gasteiger partial charge is 0.147 e. The monoisotopic (exact) mass is 298 g/mol. The predicted octanol–water partition coefficient (Wildman–Crippen LogP) is 4.35. The molecule has 0 bridgehead atoms. The highest BCUT2D eigenvalue weighted by Crippen LogP contribution is 2.32. The molecule has 3 heteroatoms. The van der Waals surface area contributed by atoms with E-state index in [2.05, 4.69) is 0 Å². The van der Waals surface area contributed by atoms with Gasteiger partial charge in [0.15, 0.2) is 0 Å². The first-order valence-corrected chi connectivity index (χ1v) is 7.68. The molecule has 0 heterocycles. The minimum absolute atomic E-state index is 0.181. The summed E-state index contributed by atoms with van der Waals surface area (Å²) >= 11 is 0. The van der Waals surface area contributed by atoms with Crippen molar-refractivity contribution in [2.24, 2.45) is 0 Å². The van der Waals surface area contributed by atoms with E-state index in [1.165, 1.54) is 0 Å². The Morgan fingerprint density at radius 1 is 0.773 bits per heavy atom. The number of carbonyl (C=O) groups is 1. The molecule has 2 aromatic rings. The van der Waals surface area contributed by atoms with Gasteiger partial charge >= 0.3 is 0 Å². The normalized spacial score (nSPS) is 13.5. The zero-order chi connectivity index (χ0) is 16.1. The average Bonchev–Trinajstić information content (AvgIpc) is 2.52. The fraction of sp³-hybridized carbons (Fsp3) is 0.316. The molecule has 0 aliphatic carbocycles. The van der Waals surface area contributed by atoms with E-state index in [1.807, 2.05) is 38.1 Å². The molecule has 0 fully saturated rings. The molecule has 22 heavy (non-hydrogen) atoms. The van der Waals surface area contributed by atoms with E-state index in [-0.39, 0.29) is 29.1 Å². The summed E-state index contributed by atoms with van der Waals surface area (Å²) in [6, 6.07) is 13.7. The molecule has 0 amide bonds. The van der Waals surface area contributed by atoms with Crippen molar-refractivity contribution in [2.75, 3.05) is 0 Å². The standard InChI is InChI=1S/C19H22O3/c1-3-17(13-5-9-15(20)10-6-13)19(22)18(4-2)14-7-11-16(21)12-8-14/h5-12,17-18,20-21H,3-4H2,1-2H3. The second-order valence-electron chi connectivity index (χ2n) is 5.51. The van der Waals surface area contributed by atoms with Crippen molar-refractivity contribution in [2.45, 2.75) is 38.5 Å². The van der Waals surface area contributed by atoms with E-state index in [9.17, 15) is 15.0 Å². The molecule has 116 valence electrons. The third-order valence-electron chi connectivity index (χ3n) is 4.09. The Morgan fingerprint density at radius 2 is 1.09 bits per heavy atom. The fourth-order valence-electron chi connectivity index (χ4n) is 2.86. The van der Waals surface area contributed by atoms with Gasteiger partial charge in [-0.15, -0.1) is 0 Å². The Labute approximate surface area is 131 Å². The van der Waals surface area contributed by atoms with Gasteiger partial charge < -0.3 is 10.2 Å². The summed E-state index contributed by atoms with van der Waals surface area (Å²) in [6.45, 7) is 4.00. The number of phenols is 2. The Bertz CT molecular complexity index is 559. The van der Waals surface area contributed by atoms with Gasteiger partial charge in [0.2, 0.25) is 0 Å². The second kappa shape index (κ2) is 7.12. The number of phenolic OH excluding ortho intramolecular Hbond substituents is 2. The van der Waals surface area contributed by atoms with Crippen LogP contribution in [0.1, 0.15) is 49.7 Å². The lowest BCUT2D eigenvalue weighted by atomic mass is 9.81. The molecule has 0 spiro atoms. The van der Waals surface area contributed by atoms with Crippen LogP contribution < -0.4 is 0 Å². The van der Waals surface area contributed by atoms with Crippen LogP contribution in [0, 0.1) is 0 Å². The van der Waals surface area contributed by atoms with E-state index in [0.717, 1.165) is 24.0 Å². The van der Waals surface area contributed by atoms with E-state index in [0.29, 0.717) is 0 Å². The van der Waals surface area contributed by atoms with Crippen LogP contribution in [0.2, 0.25) is 0 Å². The lowest BCUT2D eigenvalue weighted by Crippen LogP contribution is -2.20. The third-order valence-corrected chi connectivity index (χ3v) is 4.09.